The van der Waals surface area contributed by atoms with Gasteiger partial charge in [-0.1, -0.05) is 6.07 Å². The van der Waals surface area contributed by atoms with Gasteiger partial charge in [0.25, 0.3) is 11.8 Å². The van der Waals surface area contributed by atoms with Gasteiger partial charge in [0, 0.05) is 24.5 Å². The number of carbonyl (C=O) groups is 2. The van der Waals surface area contributed by atoms with Crippen molar-refractivity contribution < 1.29 is 18.4 Å². The molecule has 0 unspecified atom stereocenters. The van der Waals surface area contributed by atoms with Crippen LogP contribution >= 0.6 is 0 Å². The standard InChI is InChI=1S/C17H14F2N4O2/c18-10-4-5-12(14(19)8-10)17(25)21-7-6-20-16(24)11-2-1-3-15-13(11)9-22-23-15/h1-5,8-9H,6-7H2,(H,20,24)(H,21,25)(H,22,23). The highest BCUT2D eigenvalue weighted by atomic mass is 19.1. The van der Waals surface area contributed by atoms with Crippen LogP contribution in [0.5, 0.6) is 0 Å². The van der Waals surface area contributed by atoms with Crippen molar-refractivity contribution in [2.75, 3.05) is 13.1 Å². The molecular formula is C17H14F2N4O2. The van der Waals surface area contributed by atoms with Crippen LogP contribution in [0, 0.1) is 11.6 Å². The van der Waals surface area contributed by atoms with E-state index in [9.17, 15) is 18.4 Å². The summed E-state index contributed by atoms with van der Waals surface area (Å²) < 4.78 is 26.3. The normalized spacial score (nSPS) is 10.6. The highest BCUT2D eigenvalue weighted by molar-refractivity contribution is 6.06. The first-order chi connectivity index (χ1) is 12.1. The predicted molar refractivity (Wildman–Crippen MR) is 87.1 cm³/mol. The molecule has 0 saturated heterocycles. The fraction of sp³-hybridized carbons (Fsp3) is 0.118. The van der Waals surface area contributed by atoms with E-state index in [-0.39, 0.29) is 24.6 Å². The van der Waals surface area contributed by atoms with E-state index in [1.165, 1.54) is 0 Å². The number of aromatic amines is 1. The van der Waals surface area contributed by atoms with Crippen LogP contribution < -0.4 is 10.6 Å². The highest BCUT2D eigenvalue weighted by Gasteiger charge is 2.13. The second kappa shape index (κ2) is 7.08. The van der Waals surface area contributed by atoms with Crippen LogP contribution in [0.1, 0.15) is 20.7 Å². The Balaban J connectivity index is 1.54. The SMILES string of the molecule is O=C(NCCNC(=O)c1cccc2[nH]ncc12)c1ccc(F)cc1F. The smallest absolute Gasteiger partial charge is 0.254 e. The summed E-state index contributed by atoms with van der Waals surface area (Å²) in [6.45, 7) is 0.254. The monoisotopic (exact) mass is 344 g/mol. The largest absolute Gasteiger partial charge is 0.350 e. The minimum absolute atomic E-state index is 0.1000. The molecule has 6 nitrogen and oxygen atoms in total. The van der Waals surface area contributed by atoms with E-state index in [1.54, 1.807) is 24.4 Å². The fourth-order valence-corrected chi connectivity index (χ4v) is 2.38. The molecule has 1 aromatic heterocycles. The van der Waals surface area contributed by atoms with Crippen LogP contribution in [0.25, 0.3) is 10.9 Å². The molecule has 0 radical (unpaired) electrons. The number of halogens is 2. The molecule has 25 heavy (non-hydrogen) atoms. The molecule has 8 heteroatoms. The number of hydrogen-bond acceptors (Lipinski definition) is 3. The van der Waals surface area contributed by atoms with Crippen molar-refractivity contribution in [3.63, 3.8) is 0 Å². The fourth-order valence-electron chi connectivity index (χ4n) is 2.38. The Morgan fingerprint density at radius 1 is 1.00 bits per heavy atom. The number of aromatic nitrogens is 2. The zero-order chi connectivity index (χ0) is 17.8. The Morgan fingerprint density at radius 2 is 1.72 bits per heavy atom. The summed E-state index contributed by atoms with van der Waals surface area (Å²) >= 11 is 0. The zero-order valence-corrected chi connectivity index (χ0v) is 13.0. The zero-order valence-electron chi connectivity index (χ0n) is 13.0. The first kappa shape index (κ1) is 16.6. The molecule has 0 bridgehead atoms. The maximum Gasteiger partial charge on any atom is 0.254 e. The van der Waals surface area contributed by atoms with E-state index in [0.717, 1.165) is 17.6 Å². The molecule has 2 aromatic carbocycles. The third kappa shape index (κ3) is 3.63. The van der Waals surface area contributed by atoms with Crippen molar-refractivity contribution in [3.05, 3.63) is 65.4 Å². The number of fused-ring (bicyclic) bond motifs is 1. The van der Waals surface area contributed by atoms with Gasteiger partial charge in [0.15, 0.2) is 0 Å². The van der Waals surface area contributed by atoms with Crippen molar-refractivity contribution in [2.24, 2.45) is 0 Å². The van der Waals surface area contributed by atoms with Gasteiger partial charge in [0.1, 0.15) is 11.6 Å². The number of H-pyrrole nitrogens is 1. The van der Waals surface area contributed by atoms with Gasteiger partial charge in [0.05, 0.1) is 22.8 Å². The first-order valence-corrected chi connectivity index (χ1v) is 7.50. The van der Waals surface area contributed by atoms with Crippen molar-refractivity contribution in [2.45, 2.75) is 0 Å². The summed E-state index contributed by atoms with van der Waals surface area (Å²) in [5.74, 6) is -2.68. The van der Waals surface area contributed by atoms with Crippen LogP contribution in [0.3, 0.4) is 0 Å². The quantitative estimate of drug-likeness (QED) is 0.619. The average Bonchev–Trinajstić information content (AvgIpc) is 3.07. The lowest BCUT2D eigenvalue weighted by atomic mass is 10.1. The van der Waals surface area contributed by atoms with E-state index in [1.807, 2.05) is 0 Å². The van der Waals surface area contributed by atoms with Crippen LogP contribution in [0.15, 0.2) is 42.6 Å². The summed E-state index contributed by atoms with van der Waals surface area (Å²) in [6, 6.07) is 7.91. The highest BCUT2D eigenvalue weighted by Crippen LogP contribution is 2.15. The van der Waals surface area contributed by atoms with Gasteiger partial charge in [-0.3, -0.25) is 14.7 Å². The second-order valence-corrected chi connectivity index (χ2v) is 5.27. The van der Waals surface area contributed by atoms with Gasteiger partial charge in [-0.25, -0.2) is 8.78 Å². The topological polar surface area (TPSA) is 86.9 Å². The Hall–Kier alpha value is -3.29. The number of nitrogens with zero attached hydrogens (tertiary/aromatic N) is 1. The minimum atomic E-state index is -0.937. The Labute approximate surface area is 141 Å². The lowest BCUT2D eigenvalue weighted by Crippen LogP contribution is -2.35. The molecule has 128 valence electrons. The molecule has 3 rings (SSSR count). The maximum absolute atomic E-state index is 13.5. The summed E-state index contributed by atoms with van der Waals surface area (Å²) in [4.78, 5) is 24.0. The van der Waals surface area contributed by atoms with Gasteiger partial charge < -0.3 is 10.6 Å². The van der Waals surface area contributed by atoms with Crippen LogP contribution in [-0.2, 0) is 0 Å². The van der Waals surface area contributed by atoms with Crippen LogP contribution in [0.4, 0.5) is 8.78 Å². The van der Waals surface area contributed by atoms with Crippen LogP contribution in [0.2, 0.25) is 0 Å². The third-order valence-electron chi connectivity index (χ3n) is 3.60. The number of rotatable bonds is 5. The number of hydrogen-bond donors (Lipinski definition) is 3. The Kier molecular flexibility index (Phi) is 4.69. The molecule has 3 N–H and O–H groups in total. The first-order valence-electron chi connectivity index (χ1n) is 7.50. The minimum Gasteiger partial charge on any atom is -0.350 e. The summed E-state index contributed by atoms with van der Waals surface area (Å²) in [5, 5.41) is 12.5. The Bertz CT molecular complexity index is 939. The molecule has 2 amide bonds. The van der Waals surface area contributed by atoms with E-state index >= 15 is 0 Å². The number of nitrogens with one attached hydrogen (secondary N) is 3. The molecule has 0 aliphatic carbocycles. The lowest BCUT2D eigenvalue weighted by Gasteiger charge is -2.08. The van der Waals surface area contributed by atoms with Crippen molar-refractivity contribution in [1.29, 1.82) is 0 Å². The molecular weight excluding hydrogens is 330 g/mol. The lowest BCUT2D eigenvalue weighted by molar-refractivity contribution is 0.0926. The van der Waals surface area contributed by atoms with Crippen molar-refractivity contribution >= 4 is 22.7 Å². The van der Waals surface area contributed by atoms with Gasteiger partial charge in [-0.15, -0.1) is 0 Å². The molecule has 0 aliphatic rings. The molecule has 0 saturated carbocycles. The molecule has 0 spiro atoms. The number of carbonyl (C=O) groups excluding carboxylic acids is 2. The van der Waals surface area contributed by atoms with Gasteiger partial charge in [-0.2, -0.15) is 5.10 Å². The van der Waals surface area contributed by atoms with Crippen molar-refractivity contribution in [3.8, 4) is 0 Å². The predicted octanol–water partition coefficient (Wildman–Crippen LogP) is 2.00. The average molecular weight is 344 g/mol. The van der Waals surface area contributed by atoms with Gasteiger partial charge in [0.2, 0.25) is 0 Å². The molecule has 1 heterocycles. The third-order valence-corrected chi connectivity index (χ3v) is 3.60. The Morgan fingerprint density at radius 3 is 2.44 bits per heavy atom. The molecule has 0 fully saturated rings. The summed E-state index contributed by atoms with van der Waals surface area (Å²) in [6.07, 6.45) is 1.56. The summed E-state index contributed by atoms with van der Waals surface area (Å²) in [5.41, 5.74) is 0.950. The van der Waals surface area contributed by atoms with Gasteiger partial charge in [-0.05, 0) is 24.3 Å². The second-order valence-electron chi connectivity index (χ2n) is 5.27. The van der Waals surface area contributed by atoms with Gasteiger partial charge >= 0.3 is 0 Å². The number of amides is 2. The molecule has 0 aliphatic heterocycles. The van der Waals surface area contributed by atoms with E-state index in [0.29, 0.717) is 17.0 Å². The van der Waals surface area contributed by atoms with Crippen LogP contribution in [-0.4, -0.2) is 35.1 Å². The molecule has 0 atom stereocenters. The number of benzene rings is 2. The van der Waals surface area contributed by atoms with E-state index in [2.05, 4.69) is 20.8 Å². The van der Waals surface area contributed by atoms with E-state index < -0.39 is 17.5 Å². The van der Waals surface area contributed by atoms with Crippen molar-refractivity contribution in [1.82, 2.24) is 20.8 Å². The summed E-state index contributed by atoms with van der Waals surface area (Å²) in [7, 11) is 0. The maximum atomic E-state index is 13.5. The van der Waals surface area contributed by atoms with E-state index in [4.69, 9.17) is 0 Å². The molecule has 3 aromatic rings.